The molecule has 0 aliphatic heterocycles. The molecule has 5 heteroatoms. The second-order valence-electron chi connectivity index (χ2n) is 10.4. The molecule has 0 amide bonds. The van der Waals surface area contributed by atoms with Crippen molar-refractivity contribution in [1.29, 1.82) is 5.41 Å². The van der Waals surface area contributed by atoms with Crippen LogP contribution in [0.2, 0.25) is 0 Å². The minimum absolute atomic E-state index is 0.233. The van der Waals surface area contributed by atoms with Crippen LogP contribution in [0.15, 0.2) is 105 Å². The van der Waals surface area contributed by atoms with Crippen molar-refractivity contribution < 1.29 is 3.89 Å². The lowest BCUT2D eigenvalue weighted by Gasteiger charge is -2.05. The zero-order valence-corrected chi connectivity index (χ0v) is 29.9. The minimum Gasteiger partial charge on any atom is -0.305 e. The van der Waals surface area contributed by atoms with Gasteiger partial charge in [-0.3, -0.25) is 4.99 Å². The van der Waals surface area contributed by atoms with Crippen molar-refractivity contribution in [2.24, 2.45) is 4.99 Å². The summed E-state index contributed by atoms with van der Waals surface area (Å²) in [7, 11) is 4.21. The molecule has 1 atom stereocenters. The molecule has 0 aliphatic rings. The van der Waals surface area contributed by atoms with Crippen molar-refractivity contribution >= 4 is 38.9 Å². The highest BCUT2D eigenvalue weighted by Crippen LogP contribution is 2.20. The van der Waals surface area contributed by atoms with Crippen LogP contribution in [0.1, 0.15) is 84.6 Å². The third kappa shape index (κ3) is 18.6. The fourth-order valence-electron chi connectivity index (χ4n) is 3.67. The molecule has 2 aromatic carbocycles. The lowest BCUT2D eigenvalue weighted by Crippen LogP contribution is -1.97. The zero-order chi connectivity index (χ0) is 32.8. The van der Waals surface area contributed by atoms with Gasteiger partial charge >= 0.3 is 0 Å². The molecule has 42 heavy (non-hydrogen) atoms. The van der Waals surface area contributed by atoms with E-state index in [2.05, 4.69) is 111 Å². The molecule has 0 spiro atoms. The highest BCUT2D eigenvalue weighted by molar-refractivity contribution is 7.99. The number of nitrogens with zero attached hydrogens (tertiary/aromatic N) is 1. The molecule has 2 rings (SSSR count). The Morgan fingerprint density at radius 3 is 1.62 bits per heavy atom. The third-order valence-electron chi connectivity index (χ3n) is 5.81. The fourth-order valence-corrected chi connectivity index (χ4v) is 4.43. The van der Waals surface area contributed by atoms with Gasteiger partial charge in [0.15, 0.2) is 0 Å². The maximum Gasteiger partial charge on any atom is 0.0827 e. The van der Waals surface area contributed by atoms with Gasteiger partial charge < -0.3 is 5.41 Å². The molecule has 0 saturated carbocycles. The molecule has 1 N–H and O–H groups in total. The maximum atomic E-state index is 11.9. The fraction of sp³-hybridized carbons (Fsp3) is 0.351. The summed E-state index contributed by atoms with van der Waals surface area (Å²) in [5.41, 5.74) is 11.2. The van der Waals surface area contributed by atoms with Crippen molar-refractivity contribution in [1.82, 2.24) is 0 Å². The van der Waals surface area contributed by atoms with E-state index in [1.54, 1.807) is 14.0 Å². The number of nitrogens with one attached hydrogen (secondary N) is 1. The van der Waals surface area contributed by atoms with Gasteiger partial charge in [-0.1, -0.05) is 92.8 Å². The number of hydrogen-bond acceptors (Lipinski definition) is 3. The molecular formula is C37H54FN2PS. The Labute approximate surface area is 264 Å². The minimum atomic E-state index is 0.233. The van der Waals surface area contributed by atoms with Crippen LogP contribution in [0.4, 0.5) is 3.89 Å². The molecule has 0 radical (unpaired) electrons. The number of hydrogen-bond donors (Lipinski definition) is 1. The Balaban J connectivity index is 0. The van der Waals surface area contributed by atoms with Crippen molar-refractivity contribution in [3.63, 3.8) is 0 Å². The molecule has 2 aromatic rings. The molecule has 0 aliphatic carbocycles. The van der Waals surface area contributed by atoms with E-state index in [1.807, 2.05) is 33.8 Å². The molecule has 0 fully saturated rings. The lowest BCUT2D eigenvalue weighted by atomic mass is 10.0. The van der Waals surface area contributed by atoms with E-state index in [9.17, 15) is 3.89 Å². The maximum absolute atomic E-state index is 11.9. The second kappa shape index (κ2) is 23.7. The number of rotatable bonds is 8. The first kappa shape index (κ1) is 41.3. The Bertz CT molecular complexity index is 1210. The van der Waals surface area contributed by atoms with E-state index < -0.39 is 0 Å². The summed E-state index contributed by atoms with van der Waals surface area (Å²) in [4.78, 5) is 4.28. The van der Waals surface area contributed by atoms with Crippen molar-refractivity contribution in [2.45, 2.75) is 82.1 Å². The lowest BCUT2D eigenvalue weighted by molar-refractivity contribution is 0.945. The number of halogens is 1. The van der Waals surface area contributed by atoms with E-state index in [4.69, 9.17) is 5.41 Å². The Kier molecular flexibility index (Phi) is 23.3. The van der Waals surface area contributed by atoms with Crippen LogP contribution in [0.25, 0.3) is 5.57 Å². The highest BCUT2D eigenvalue weighted by atomic mass is 32.2. The van der Waals surface area contributed by atoms with Gasteiger partial charge in [-0.25, -0.2) is 0 Å². The zero-order valence-electron chi connectivity index (χ0n) is 27.9. The van der Waals surface area contributed by atoms with Crippen molar-refractivity contribution in [3.05, 3.63) is 123 Å². The third-order valence-corrected chi connectivity index (χ3v) is 6.78. The Morgan fingerprint density at radius 1 is 0.905 bits per heavy atom. The molecule has 0 heterocycles. The van der Waals surface area contributed by atoms with Crippen LogP contribution in [-0.2, 0) is 12.8 Å². The first-order valence-electron chi connectivity index (χ1n) is 14.2. The van der Waals surface area contributed by atoms with Crippen LogP contribution in [0, 0.1) is 12.3 Å². The average Bonchev–Trinajstić information content (AvgIpc) is 2.91. The van der Waals surface area contributed by atoms with E-state index in [1.165, 1.54) is 34.0 Å². The summed E-state index contributed by atoms with van der Waals surface area (Å²) >= 11 is 0.233. The van der Waals surface area contributed by atoms with Crippen LogP contribution in [0.5, 0.6) is 0 Å². The monoisotopic (exact) mass is 608 g/mol. The average molecular weight is 609 g/mol. The summed E-state index contributed by atoms with van der Waals surface area (Å²) in [6, 6.07) is 17.1. The van der Waals surface area contributed by atoms with Gasteiger partial charge in [-0.2, -0.15) is 3.89 Å². The summed E-state index contributed by atoms with van der Waals surface area (Å²) in [5.74, 6) is 0. The van der Waals surface area contributed by atoms with Gasteiger partial charge in [0.05, 0.1) is 17.1 Å². The normalized spacial score (nSPS) is 10.4. The molecule has 1 unspecified atom stereocenters. The van der Waals surface area contributed by atoms with Gasteiger partial charge in [-0.05, 0) is 107 Å². The SMILES string of the molecule is C=C(C)/C(C(C)=N)=C(\C)P.C=C(C=C(C)C)c1ccccc1C.CCc1ccc(CC)cc1.CN=CC(SF)=C(C)C. The summed E-state index contributed by atoms with van der Waals surface area (Å²) in [5, 5.41) is 8.46. The van der Waals surface area contributed by atoms with E-state index >= 15 is 0 Å². The van der Waals surface area contributed by atoms with Crippen LogP contribution in [0.3, 0.4) is 0 Å². The van der Waals surface area contributed by atoms with Crippen molar-refractivity contribution in [3.8, 4) is 0 Å². The quantitative estimate of drug-likeness (QED) is 0.181. The van der Waals surface area contributed by atoms with Crippen LogP contribution < -0.4 is 0 Å². The van der Waals surface area contributed by atoms with Gasteiger partial charge in [0.25, 0.3) is 0 Å². The van der Waals surface area contributed by atoms with Crippen LogP contribution in [-0.4, -0.2) is 19.0 Å². The predicted octanol–water partition coefficient (Wildman–Crippen LogP) is 12.1. The molecule has 0 saturated heterocycles. The molecular weight excluding hydrogens is 554 g/mol. The molecule has 2 nitrogen and oxygen atoms in total. The smallest absolute Gasteiger partial charge is 0.0827 e. The van der Waals surface area contributed by atoms with E-state index in [0.717, 1.165) is 40.4 Å². The highest BCUT2D eigenvalue weighted by Gasteiger charge is 2.01. The van der Waals surface area contributed by atoms with E-state index in [-0.39, 0.29) is 12.1 Å². The van der Waals surface area contributed by atoms with Crippen LogP contribution >= 0.6 is 21.4 Å². The van der Waals surface area contributed by atoms with Crippen molar-refractivity contribution in [2.75, 3.05) is 7.05 Å². The molecule has 0 aromatic heterocycles. The molecule has 230 valence electrons. The largest absolute Gasteiger partial charge is 0.305 e. The number of aryl methyl sites for hydroxylation is 3. The second-order valence-corrected chi connectivity index (χ2v) is 11.8. The first-order chi connectivity index (χ1) is 19.7. The van der Waals surface area contributed by atoms with Gasteiger partial charge in [0.1, 0.15) is 0 Å². The summed E-state index contributed by atoms with van der Waals surface area (Å²) < 4.78 is 11.9. The summed E-state index contributed by atoms with van der Waals surface area (Å²) in [6.07, 6.45) is 5.91. The number of aliphatic imine (C=N–C) groups is 1. The van der Waals surface area contributed by atoms with E-state index in [0.29, 0.717) is 10.6 Å². The predicted molar refractivity (Wildman–Crippen MR) is 197 cm³/mol. The van der Waals surface area contributed by atoms with Gasteiger partial charge in [-0.15, -0.1) is 9.24 Å². The number of allylic oxidation sites excluding steroid dienone is 8. The Morgan fingerprint density at radius 2 is 1.38 bits per heavy atom. The first-order valence-corrected chi connectivity index (χ1v) is 15.5. The number of benzene rings is 2. The standard InChI is InChI=1S/C13H16.C10H14.C8H14NP.C6H10FNS/c1-10(2)9-12(4)13-8-6-5-7-11(13)3;1-3-9-5-7-10(4-2)8-6-9;1-5(2)8(6(3)9)7(4)10;1-5(2)6(9-7)4-8-3/h5-9H,4H2,1-3H3;5-8H,3-4H2,1-2H3;9H,1,10H2,2-4H3;4H,1-3H3/b;;8-7-,9-6?;. The van der Waals surface area contributed by atoms with Gasteiger partial charge in [0, 0.05) is 24.5 Å². The Hall–Kier alpha value is -2.81. The molecule has 0 bridgehead atoms. The van der Waals surface area contributed by atoms with Gasteiger partial charge in [0.2, 0.25) is 0 Å². The topological polar surface area (TPSA) is 36.2 Å². The summed E-state index contributed by atoms with van der Waals surface area (Å²) in [6.45, 7) is 27.8.